The van der Waals surface area contributed by atoms with Crippen LogP contribution in [0.2, 0.25) is 0 Å². The Morgan fingerprint density at radius 1 is 0.793 bits per heavy atom. The molecule has 0 atom stereocenters. The zero-order valence-corrected chi connectivity index (χ0v) is 15.7. The number of benzene rings is 3. The van der Waals surface area contributed by atoms with Crippen LogP contribution in [0.15, 0.2) is 83.8 Å². The highest BCUT2D eigenvalue weighted by Crippen LogP contribution is 2.26. The summed E-state index contributed by atoms with van der Waals surface area (Å²) < 4.78 is 27.5. The van der Waals surface area contributed by atoms with Crippen molar-refractivity contribution in [2.75, 3.05) is 15.4 Å². The summed E-state index contributed by atoms with van der Waals surface area (Å²) in [6.07, 6.45) is 0. The van der Waals surface area contributed by atoms with Gasteiger partial charge in [0.25, 0.3) is 15.7 Å². The molecule has 0 fully saturated rings. The third kappa shape index (κ3) is 5.08. The average molecular weight is 412 g/mol. The quantitative estimate of drug-likeness (QED) is 0.415. The second-order valence-corrected chi connectivity index (χ2v) is 7.51. The number of anilines is 3. The minimum Gasteiger partial charge on any atom is -0.308 e. The van der Waals surface area contributed by atoms with E-state index in [1.165, 1.54) is 30.3 Å². The average Bonchev–Trinajstić information content (AvgIpc) is 2.68. The second kappa shape index (κ2) is 8.40. The van der Waals surface area contributed by atoms with Gasteiger partial charge in [0.1, 0.15) is 0 Å². The van der Waals surface area contributed by atoms with Gasteiger partial charge in [-0.05, 0) is 36.4 Å². The number of hydrogen-bond donors (Lipinski definition) is 3. The van der Waals surface area contributed by atoms with Crippen molar-refractivity contribution in [2.45, 2.75) is 4.90 Å². The van der Waals surface area contributed by atoms with Crippen LogP contribution < -0.4 is 15.4 Å². The molecule has 0 saturated heterocycles. The molecule has 0 aliphatic rings. The Kier molecular flexibility index (Phi) is 5.74. The van der Waals surface area contributed by atoms with Crippen LogP contribution in [0.3, 0.4) is 0 Å². The van der Waals surface area contributed by atoms with Crippen LogP contribution >= 0.6 is 0 Å². The largest absolute Gasteiger partial charge is 0.323 e. The van der Waals surface area contributed by atoms with Gasteiger partial charge in [-0.25, -0.2) is 13.2 Å². The standard InChI is InChI=1S/C19H16N4O5S/c24-19(20-14-7-2-1-3-8-14)21-15-9-6-10-16(13-15)22-29(27,28)18-12-5-4-11-17(18)23(25)26/h1-13,22H,(H2,20,21,24). The number of hydrogen-bond acceptors (Lipinski definition) is 5. The van der Waals surface area contributed by atoms with Gasteiger partial charge in [-0.1, -0.05) is 36.4 Å². The third-order valence-corrected chi connectivity index (χ3v) is 5.18. The van der Waals surface area contributed by atoms with E-state index in [1.807, 2.05) is 6.07 Å². The van der Waals surface area contributed by atoms with Gasteiger partial charge in [-0.3, -0.25) is 14.8 Å². The van der Waals surface area contributed by atoms with Crippen molar-refractivity contribution in [2.24, 2.45) is 0 Å². The van der Waals surface area contributed by atoms with Crippen molar-refractivity contribution in [3.05, 3.63) is 89.0 Å². The molecule has 10 heteroatoms. The molecule has 0 heterocycles. The fraction of sp³-hybridized carbons (Fsp3) is 0. The van der Waals surface area contributed by atoms with Gasteiger partial charge in [-0.2, -0.15) is 0 Å². The smallest absolute Gasteiger partial charge is 0.308 e. The molecule has 0 bridgehead atoms. The number of nitro benzene ring substituents is 1. The van der Waals surface area contributed by atoms with E-state index in [1.54, 1.807) is 30.3 Å². The maximum Gasteiger partial charge on any atom is 0.323 e. The monoisotopic (exact) mass is 412 g/mol. The molecular formula is C19H16N4O5S. The zero-order valence-electron chi connectivity index (χ0n) is 14.9. The maximum atomic E-state index is 12.6. The van der Waals surface area contributed by atoms with E-state index in [9.17, 15) is 23.3 Å². The second-order valence-electron chi connectivity index (χ2n) is 5.86. The van der Waals surface area contributed by atoms with E-state index in [0.29, 0.717) is 11.4 Å². The number of amides is 2. The molecule has 29 heavy (non-hydrogen) atoms. The third-order valence-electron chi connectivity index (χ3n) is 3.76. The van der Waals surface area contributed by atoms with E-state index < -0.39 is 31.6 Å². The van der Waals surface area contributed by atoms with E-state index in [-0.39, 0.29) is 5.69 Å². The summed E-state index contributed by atoms with van der Waals surface area (Å²) >= 11 is 0. The van der Waals surface area contributed by atoms with Crippen molar-refractivity contribution in [3.8, 4) is 0 Å². The molecule has 0 unspecified atom stereocenters. The number of urea groups is 1. The predicted molar refractivity (Wildman–Crippen MR) is 109 cm³/mol. The van der Waals surface area contributed by atoms with Gasteiger partial charge >= 0.3 is 6.03 Å². The van der Waals surface area contributed by atoms with Crippen LogP contribution in [0.4, 0.5) is 27.5 Å². The van der Waals surface area contributed by atoms with Gasteiger partial charge in [0.15, 0.2) is 4.90 Å². The Labute approximate surface area is 166 Å². The molecule has 3 aromatic rings. The molecule has 148 valence electrons. The SMILES string of the molecule is O=C(Nc1ccccc1)Nc1cccc(NS(=O)(=O)c2ccccc2[N+](=O)[O-])c1. The Hall–Kier alpha value is -3.92. The maximum absolute atomic E-state index is 12.6. The number of carbonyl (C=O) groups is 1. The number of nitrogens with one attached hydrogen (secondary N) is 3. The van der Waals surface area contributed by atoms with Crippen LogP contribution in [-0.4, -0.2) is 19.4 Å². The number of rotatable bonds is 6. The van der Waals surface area contributed by atoms with Crippen molar-refractivity contribution < 1.29 is 18.1 Å². The molecule has 0 aliphatic carbocycles. The highest BCUT2D eigenvalue weighted by molar-refractivity contribution is 7.92. The first-order chi connectivity index (χ1) is 13.8. The van der Waals surface area contributed by atoms with E-state index in [0.717, 1.165) is 12.1 Å². The fourth-order valence-corrected chi connectivity index (χ4v) is 3.74. The number of carbonyl (C=O) groups excluding carboxylic acids is 1. The van der Waals surface area contributed by atoms with Crippen LogP contribution in [-0.2, 0) is 10.0 Å². The van der Waals surface area contributed by atoms with Crippen molar-refractivity contribution in [3.63, 3.8) is 0 Å². The Balaban J connectivity index is 1.76. The van der Waals surface area contributed by atoms with Gasteiger partial charge in [-0.15, -0.1) is 0 Å². The molecular weight excluding hydrogens is 396 g/mol. The molecule has 3 N–H and O–H groups in total. The lowest BCUT2D eigenvalue weighted by Crippen LogP contribution is -2.19. The first-order valence-electron chi connectivity index (χ1n) is 8.34. The van der Waals surface area contributed by atoms with Crippen molar-refractivity contribution >= 4 is 38.8 Å². The number of para-hydroxylation sites is 2. The molecule has 0 spiro atoms. The Morgan fingerprint density at radius 2 is 1.38 bits per heavy atom. The zero-order chi connectivity index (χ0) is 20.9. The molecule has 0 radical (unpaired) electrons. The first kappa shape index (κ1) is 19.8. The van der Waals surface area contributed by atoms with Gasteiger partial charge in [0.05, 0.1) is 10.6 Å². The van der Waals surface area contributed by atoms with Crippen molar-refractivity contribution in [1.82, 2.24) is 0 Å². The minimum atomic E-state index is -4.20. The molecule has 3 rings (SSSR count). The van der Waals surface area contributed by atoms with Crippen LogP contribution in [0, 0.1) is 10.1 Å². The number of nitrogens with zero attached hydrogens (tertiary/aromatic N) is 1. The summed E-state index contributed by atoms with van der Waals surface area (Å²) in [5, 5.41) is 16.3. The lowest BCUT2D eigenvalue weighted by atomic mass is 10.3. The van der Waals surface area contributed by atoms with Crippen LogP contribution in [0.5, 0.6) is 0 Å². The lowest BCUT2D eigenvalue weighted by molar-refractivity contribution is -0.387. The van der Waals surface area contributed by atoms with Gasteiger partial charge in [0, 0.05) is 17.4 Å². The summed E-state index contributed by atoms with van der Waals surface area (Å²) in [4.78, 5) is 22.0. The molecule has 2 amide bonds. The lowest BCUT2D eigenvalue weighted by Gasteiger charge is -2.11. The van der Waals surface area contributed by atoms with Gasteiger partial charge in [0.2, 0.25) is 0 Å². The first-order valence-corrected chi connectivity index (χ1v) is 9.83. The van der Waals surface area contributed by atoms with Crippen molar-refractivity contribution in [1.29, 1.82) is 0 Å². The molecule has 0 saturated carbocycles. The Morgan fingerprint density at radius 3 is 2.10 bits per heavy atom. The summed E-state index contributed by atoms with van der Waals surface area (Å²) in [6, 6.07) is 19.3. The number of sulfonamides is 1. The molecule has 9 nitrogen and oxygen atoms in total. The van der Waals surface area contributed by atoms with Crippen LogP contribution in [0.25, 0.3) is 0 Å². The molecule has 0 aromatic heterocycles. The molecule has 3 aromatic carbocycles. The normalized spacial score (nSPS) is 10.8. The highest BCUT2D eigenvalue weighted by Gasteiger charge is 2.25. The summed E-state index contributed by atoms with van der Waals surface area (Å²) in [7, 11) is -4.20. The Bertz CT molecular complexity index is 1150. The summed E-state index contributed by atoms with van der Waals surface area (Å²) in [5.74, 6) is 0. The number of nitro groups is 1. The predicted octanol–water partition coefficient (Wildman–Crippen LogP) is 4.04. The fourth-order valence-electron chi connectivity index (χ4n) is 2.52. The van der Waals surface area contributed by atoms with E-state index in [2.05, 4.69) is 15.4 Å². The topological polar surface area (TPSA) is 130 Å². The van der Waals surface area contributed by atoms with E-state index >= 15 is 0 Å². The van der Waals surface area contributed by atoms with Gasteiger partial charge < -0.3 is 10.6 Å². The van der Waals surface area contributed by atoms with E-state index in [4.69, 9.17) is 0 Å². The summed E-state index contributed by atoms with van der Waals surface area (Å²) in [6.45, 7) is 0. The highest BCUT2D eigenvalue weighted by atomic mass is 32.2. The minimum absolute atomic E-state index is 0.140. The summed E-state index contributed by atoms with van der Waals surface area (Å²) in [5.41, 5.74) is 0.539. The van der Waals surface area contributed by atoms with Crippen LogP contribution in [0.1, 0.15) is 0 Å². The molecule has 0 aliphatic heterocycles.